The van der Waals surface area contributed by atoms with Crippen molar-refractivity contribution in [2.24, 2.45) is 0 Å². The average Bonchev–Trinajstić information content (AvgIpc) is 2.92. The summed E-state index contributed by atoms with van der Waals surface area (Å²) in [6, 6.07) is 35.6. The van der Waals surface area contributed by atoms with Crippen LogP contribution in [0.25, 0.3) is 0 Å². The third-order valence-corrected chi connectivity index (χ3v) is 5.64. The zero-order chi connectivity index (χ0) is 25.0. The van der Waals surface area contributed by atoms with Crippen LogP contribution in [0.1, 0.15) is 22.3 Å². The van der Waals surface area contributed by atoms with Crippen molar-refractivity contribution < 1.29 is 19.1 Å². The summed E-state index contributed by atoms with van der Waals surface area (Å²) >= 11 is 0. The van der Waals surface area contributed by atoms with Gasteiger partial charge in [-0.25, -0.2) is 4.79 Å². The molecule has 0 unspecified atom stereocenters. The summed E-state index contributed by atoms with van der Waals surface area (Å²) in [7, 11) is 0. The molecule has 0 radical (unpaired) electrons. The number of benzene rings is 4. The van der Waals surface area contributed by atoms with Crippen molar-refractivity contribution in [1.82, 2.24) is 5.32 Å². The van der Waals surface area contributed by atoms with Crippen molar-refractivity contribution >= 4 is 11.9 Å². The first-order valence-electron chi connectivity index (χ1n) is 12.0. The van der Waals surface area contributed by atoms with Gasteiger partial charge >= 0.3 is 5.97 Å². The predicted molar refractivity (Wildman–Crippen MR) is 139 cm³/mol. The van der Waals surface area contributed by atoms with Crippen molar-refractivity contribution in [1.29, 1.82) is 0 Å². The monoisotopic (exact) mass is 479 g/mol. The second-order valence-corrected chi connectivity index (χ2v) is 8.50. The minimum absolute atomic E-state index is 0.144. The van der Waals surface area contributed by atoms with E-state index in [0.29, 0.717) is 12.4 Å². The van der Waals surface area contributed by atoms with Crippen LogP contribution in [0.5, 0.6) is 5.75 Å². The molecule has 0 saturated heterocycles. The molecule has 36 heavy (non-hydrogen) atoms. The van der Waals surface area contributed by atoms with Gasteiger partial charge < -0.3 is 14.8 Å². The first kappa shape index (κ1) is 24.7. The predicted octanol–water partition coefficient (Wildman–Crippen LogP) is 5.28. The smallest absolute Gasteiger partial charge is 0.329 e. The van der Waals surface area contributed by atoms with Gasteiger partial charge in [-0.1, -0.05) is 103 Å². The second-order valence-electron chi connectivity index (χ2n) is 8.50. The third kappa shape index (κ3) is 7.84. The fourth-order valence-electron chi connectivity index (χ4n) is 3.79. The average molecular weight is 480 g/mol. The van der Waals surface area contributed by atoms with E-state index >= 15 is 0 Å². The van der Waals surface area contributed by atoms with Gasteiger partial charge in [-0.05, 0) is 34.4 Å². The van der Waals surface area contributed by atoms with E-state index in [9.17, 15) is 9.59 Å². The lowest BCUT2D eigenvalue weighted by Crippen LogP contribution is -2.44. The SMILES string of the molecule is O=C(Cc1ccccc1)N[C@H](Cc1cccc(OCc2ccccc2)c1)C(=O)OCc1ccccc1. The Morgan fingerprint density at radius 1 is 0.639 bits per heavy atom. The first-order valence-corrected chi connectivity index (χ1v) is 12.0. The van der Waals surface area contributed by atoms with Crippen LogP contribution >= 0.6 is 0 Å². The van der Waals surface area contributed by atoms with Crippen LogP contribution < -0.4 is 10.1 Å². The summed E-state index contributed by atoms with van der Waals surface area (Å²) in [5.41, 5.74) is 3.69. The lowest BCUT2D eigenvalue weighted by atomic mass is 10.0. The third-order valence-electron chi connectivity index (χ3n) is 5.64. The van der Waals surface area contributed by atoms with Gasteiger partial charge in [0.1, 0.15) is 25.0 Å². The molecule has 0 bridgehead atoms. The van der Waals surface area contributed by atoms with Gasteiger partial charge in [0, 0.05) is 6.42 Å². The van der Waals surface area contributed by atoms with Crippen LogP contribution in [0.2, 0.25) is 0 Å². The lowest BCUT2D eigenvalue weighted by molar-refractivity contribution is -0.149. The molecule has 1 N–H and O–H groups in total. The standard InChI is InChI=1S/C31H29NO4/c33-30(21-24-11-4-1-5-12-24)32-29(31(34)36-23-26-15-8-3-9-16-26)20-27-17-10-18-28(19-27)35-22-25-13-6-2-7-14-25/h1-19,29H,20-23H2,(H,32,33)/t29-/m1/s1. The van der Waals surface area contributed by atoms with Crippen LogP contribution in [-0.4, -0.2) is 17.9 Å². The van der Waals surface area contributed by atoms with Crippen molar-refractivity contribution in [3.05, 3.63) is 138 Å². The maximum absolute atomic E-state index is 13.0. The number of carbonyl (C=O) groups is 2. The molecule has 0 heterocycles. The molecule has 0 aliphatic heterocycles. The number of carbonyl (C=O) groups excluding carboxylic acids is 2. The van der Waals surface area contributed by atoms with Crippen LogP contribution in [0.4, 0.5) is 0 Å². The highest BCUT2D eigenvalue weighted by Crippen LogP contribution is 2.17. The number of rotatable bonds is 11. The van der Waals surface area contributed by atoms with E-state index in [2.05, 4.69) is 5.32 Å². The van der Waals surface area contributed by atoms with Crippen LogP contribution in [0.15, 0.2) is 115 Å². The van der Waals surface area contributed by atoms with E-state index in [-0.39, 0.29) is 25.4 Å². The molecule has 4 rings (SSSR count). The first-order chi connectivity index (χ1) is 17.7. The van der Waals surface area contributed by atoms with Crippen LogP contribution in [-0.2, 0) is 40.4 Å². The Balaban J connectivity index is 1.43. The largest absolute Gasteiger partial charge is 0.489 e. The van der Waals surface area contributed by atoms with Crippen molar-refractivity contribution in [2.75, 3.05) is 0 Å². The highest BCUT2D eigenvalue weighted by molar-refractivity contribution is 5.85. The van der Waals surface area contributed by atoms with Gasteiger partial charge in [0.2, 0.25) is 5.91 Å². The minimum Gasteiger partial charge on any atom is -0.489 e. The Bertz CT molecular complexity index is 1240. The number of hydrogen-bond donors (Lipinski definition) is 1. The van der Waals surface area contributed by atoms with E-state index in [1.54, 1.807) is 0 Å². The summed E-state index contributed by atoms with van der Waals surface area (Å²) in [5.74, 6) is -0.0152. The van der Waals surface area contributed by atoms with Crippen molar-refractivity contribution in [3.63, 3.8) is 0 Å². The molecule has 0 spiro atoms. The van der Waals surface area contributed by atoms with Gasteiger partial charge in [-0.15, -0.1) is 0 Å². The number of ether oxygens (including phenoxy) is 2. The molecule has 182 valence electrons. The molecule has 5 nitrogen and oxygen atoms in total. The van der Waals surface area contributed by atoms with Crippen LogP contribution in [0, 0.1) is 0 Å². The Morgan fingerprint density at radius 3 is 1.83 bits per heavy atom. The maximum Gasteiger partial charge on any atom is 0.329 e. The Morgan fingerprint density at radius 2 is 1.19 bits per heavy atom. The van der Waals surface area contributed by atoms with Gasteiger partial charge in [0.25, 0.3) is 0 Å². The van der Waals surface area contributed by atoms with E-state index in [0.717, 1.165) is 22.3 Å². The van der Waals surface area contributed by atoms with Crippen molar-refractivity contribution in [2.45, 2.75) is 32.1 Å². The summed E-state index contributed by atoms with van der Waals surface area (Å²) in [4.78, 5) is 25.8. The number of hydrogen-bond acceptors (Lipinski definition) is 4. The molecular weight excluding hydrogens is 450 g/mol. The van der Waals surface area contributed by atoms with E-state index in [1.807, 2.05) is 115 Å². The molecule has 4 aromatic carbocycles. The van der Waals surface area contributed by atoms with Crippen molar-refractivity contribution in [3.8, 4) is 5.75 Å². The molecule has 4 aromatic rings. The maximum atomic E-state index is 13.0. The van der Waals surface area contributed by atoms with Gasteiger partial charge in [-0.3, -0.25) is 4.79 Å². The zero-order valence-electron chi connectivity index (χ0n) is 20.0. The molecule has 0 aliphatic carbocycles. The summed E-state index contributed by atoms with van der Waals surface area (Å²) in [6.45, 7) is 0.589. The zero-order valence-corrected chi connectivity index (χ0v) is 20.0. The van der Waals surface area contributed by atoms with Crippen LogP contribution in [0.3, 0.4) is 0 Å². The minimum atomic E-state index is -0.825. The summed E-state index contributed by atoms with van der Waals surface area (Å²) < 4.78 is 11.5. The number of esters is 1. The molecule has 0 aliphatic rings. The van der Waals surface area contributed by atoms with Gasteiger partial charge in [0.05, 0.1) is 6.42 Å². The summed E-state index contributed by atoms with van der Waals surface area (Å²) in [6.07, 6.45) is 0.472. The fourth-order valence-corrected chi connectivity index (χ4v) is 3.79. The molecule has 0 aromatic heterocycles. The number of amides is 1. The summed E-state index contributed by atoms with van der Waals surface area (Å²) in [5, 5.41) is 2.87. The highest BCUT2D eigenvalue weighted by atomic mass is 16.5. The molecule has 0 fully saturated rings. The molecule has 1 atom stereocenters. The molecule has 5 heteroatoms. The highest BCUT2D eigenvalue weighted by Gasteiger charge is 2.23. The van der Waals surface area contributed by atoms with Gasteiger partial charge in [0.15, 0.2) is 0 Å². The Kier molecular flexibility index (Phi) is 8.87. The topological polar surface area (TPSA) is 64.6 Å². The fraction of sp³-hybridized carbons (Fsp3) is 0.161. The van der Waals surface area contributed by atoms with E-state index in [1.165, 1.54) is 0 Å². The van der Waals surface area contributed by atoms with E-state index in [4.69, 9.17) is 9.47 Å². The molecule has 1 amide bonds. The lowest BCUT2D eigenvalue weighted by Gasteiger charge is -2.18. The van der Waals surface area contributed by atoms with Gasteiger partial charge in [-0.2, -0.15) is 0 Å². The number of nitrogens with one attached hydrogen (secondary N) is 1. The Hall–Kier alpha value is -4.38. The Labute approximate surface area is 211 Å². The molecular formula is C31H29NO4. The van der Waals surface area contributed by atoms with E-state index < -0.39 is 12.0 Å². The quantitative estimate of drug-likeness (QED) is 0.297. The second kappa shape index (κ2) is 12.9. The molecule has 0 saturated carbocycles. The normalized spacial score (nSPS) is 11.3.